The number of hydrogen-bond donors (Lipinski definition) is 0. The fourth-order valence-corrected chi connectivity index (χ4v) is 0. The zero-order chi connectivity index (χ0) is 4.28. The van der Waals surface area contributed by atoms with Crippen LogP contribution >= 0.6 is 22.2 Å². The van der Waals surface area contributed by atoms with Crippen LogP contribution in [0, 0.1) is 0 Å². The van der Waals surface area contributed by atoms with E-state index in [1.807, 2.05) is 0 Å². The van der Waals surface area contributed by atoms with E-state index in [9.17, 15) is 0 Å². The molecule has 0 N–H and O–H groups in total. The number of halogens is 2. The topological polar surface area (TPSA) is 0 Å². The van der Waals surface area contributed by atoms with Crippen molar-refractivity contribution >= 4 is 39.8 Å². The molecule has 0 atom stereocenters. The molecule has 0 aliphatic rings. The van der Waals surface area contributed by atoms with Crippen LogP contribution < -0.4 is 0 Å². The third kappa shape index (κ3) is 5.01. The average molecular weight is 145 g/mol. The maximum absolute atomic E-state index is 5.40. The third-order valence-corrected chi connectivity index (χ3v) is 8.33. The summed E-state index contributed by atoms with van der Waals surface area (Å²) < 4.78 is 0. The van der Waals surface area contributed by atoms with Gasteiger partial charge in [-0.2, -0.15) is 22.2 Å². The summed E-state index contributed by atoms with van der Waals surface area (Å²) in [6, 6.07) is 0. The summed E-state index contributed by atoms with van der Waals surface area (Å²) >= 11 is 10.8. The van der Waals surface area contributed by atoms with Gasteiger partial charge in [-0.25, -0.2) is 0 Å². The molecule has 0 aromatic heterocycles. The van der Waals surface area contributed by atoms with Gasteiger partial charge in [-0.15, -0.1) is 0 Å². The van der Waals surface area contributed by atoms with Gasteiger partial charge in [0.1, 0.15) is 0 Å². The van der Waals surface area contributed by atoms with Crippen molar-refractivity contribution in [2.24, 2.45) is 0 Å². The standard InChI is InChI=1S/CH6Cl2Si2/c2-5(3)1-4/h5H,1H2,4H3. The minimum absolute atomic E-state index is 1.11. The molecule has 0 fully saturated rings. The SMILES string of the molecule is [SiH3]C[SiH](Cl)Cl. The van der Waals surface area contributed by atoms with Gasteiger partial charge >= 0.3 is 0 Å². The fourth-order valence-electron chi connectivity index (χ4n) is 0. The van der Waals surface area contributed by atoms with Gasteiger partial charge in [0.25, 0.3) is 0 Å². The molecule has 0 aliphatic heterocycles. The second kappa shape index (κ2) is 3.21. The van der Waals surface area contributed by atoms with Crippen molar-refractivity contribution in [3.05, 3.63) is 0 Å². The van der Waals surface area contributed by atoms with Crippen molar-refractivity contribution in [2.75, 3.05) is 0 Å². The Morgan fingerprint density at radius 2 is 1.80 bits per heavy atom. The van der Waals surface area contributed by atoms with Crippen molar-refractivity contribution in [3.63, 3.8) is 0 Å². The quantitative estimate of drug-likeness (QED) is 0.360. The Labute approximate surface area is 45.9 Å². The fraction of sp³-hybridized carbons (Fsp3) is 1.00. The van der Waals surface area contributed by atoms with Crippen molar-refractivity contribution in [1.82, 2.24) is 0 Å². The first-order valence-corrected chi connectivity index (χ1v) is 7.27. The molecule has 0 aromatic rings. The van der Waals surface area contributed by atoms with Gasteiger partial charge in [-0.1, -0.05) is 0 Å². The lowest BCUT2D eigenvalue weighted by Crippen LogP contribution is -1.87. The van der Waals surface area contributed by atoms with Gasteiger partial charge in [0.15, 0.2) is 0 Å². The maximum Gasteiger partial charge on any atom is 0.233 e. The van der Waals surface area contributed by atoms with E-state index in [1.165, 1.54) is 10.2 Å². The molecule has 0 saturated heterocycles. The molecule has 0 aliphatic carbocycles. The van der Waals surface area contributed by atoms with Crippen LogP contribution in [-0.4, -0.2) is 17.7 Å². The summed E-state index contributed by atoms with van der Waals surface area (Å²) in [5.74, 6) is 0. The molecule has 0 heterocycles. The van der Waals surface area contributed by atoms with E-state index in [4.69, 9.17) is 22.2 Å². The molecule has 0 aromatic carbocycles. The Morgan fingerprint density at radius 1 is 1.60 bits per heavy atom. The van der Waals surface area contributed by atoms with Crippen LogP contribution in [0.2, 0.25) is 5.67 Å². The van der Waals surface area contributed by atoms with Crippen LogP contribution in [-0.2, 0) is 0 Å². The van der Waals surface area contributed by atoms with Crippen molar-refractivity contribution in [2.45, 2.75) is 5.67 Å². The molecule has 4 heteroatoms. The summed E-state index contributed by atoms with van der Waals surface area (Å²) in [6.07, 6.45) is 0. The molecule has 0 nitrogen and oxygen atoms in total. The van der Waals surface area contributed by atoms with Crippen LogP contribution in [0.3, 0.4) is 0 Å². The normalized spacial score (nSPS) is 10.2. The van der Waals surface area contributed by atoms with Crippen LogP contribution in [0.15, 0.2) is 0 Å². The van der Waals surface area contributed by atoms with E-state index < -0.39 is 7.42 Å². The van der Waals surface area contributed by atoms with Crippen LogP contribution in [0.4, 0.5) is 0 Å². The molecule has 0 saturated carbocycles. The minimum Gasteiger partial charge on any atom is -0.151 e. The minimum atomic E-state index is -1.14. The molecule has 32 valence electrons. The third-order valence-electron chi connectivity index (χ3n) is 0.309. The molecular formula is CH6Cl2Si2. The second-order valence-electron chi connectivity index (χ2n) is 0.799. The van der Waals surface area contributed by atoms with Crippen LogP contribution in [0.25, 0.3) is 0 Å². The van der Waals surface area contributed by atoms with E-state index in [2.05, 4.69) is 0 Å². The Kier molecular flexibility index (Phi) is 3.86. The van der Waals surface area contributed by atoms with Gasteiger partial charge in [0.05, 0.1) is 0 Å². The van der Waals surface area contributed by atoms with E-state index in [0.717, 1.165) is 5.67 Å². The Morgan fingerprint density at radius 3 is 1.80 bits per heavy atom. The smallest absolute Gasteiger partial charge is 0.151 e. The first-order valence-electron chi connectivity index (χ1n) is 1.55. The molecule has 0 radical (unpaired) electrons. The monoisotopic (exact) mass is 144 g/mol. The van der Waals surface area contributed by atoms with Crippen molar-refractivity contribution in [1.29, 1.82) is 0 Å². The van der Waals surface area contributed by atoms with Crippen molar-refractivity contribution in [3.8, 4) is 0 Å². The molecule has 0 unspecified atom stereocenters. The highest BCUT2D eigenvalue weighted by Crippen LogP contribution is 1.96. The summed E-state index contributed by atoms with van der Waals surface area (Å²) in [5.41, 5.74) is 1.11. The van der Waals surface area contributed by atoms with E-state index in [0.29, 0.717) is 0 Å². The highest BCUT2D eigenvalue weighted by atomic mass is 35.7. The Hall–Kier alpha value is 1.01. The van der Waals surface area contributed by atoms with Crippen molar-refractivity contribution < 1.29 is 0 Å². The maximum atomic E-state index is 5.40. The highest BCUT2D eigenvalue weighted by molar-refractivity contribution is 7.35. The summed E-state index contributed by atoms with van der Waals surface area (Å²) in [5, 5.41) is 0. The van der Waals surface area contributed by atoms with Crippen LogP contribution in [0.1, 0.15) is 0 Å². The molecule has 0 spiro atoms. The molecule has 0 bridgehead atoms. The van der Waals surface area contributed by atoms with Crippen LogP contribution in [0.5, 0.6) is 0 Å². The Balaban J connectivity index is 2.54. The molecule has 0 rings (SSSR count). The highest BCUT2D eigenvalue weighted by Gasteiger charge is 1.91. The lowest BCUT2D eigenvalue weighted by molar-refractivity contribution is 2.10. The first-order chi connectivity index (χ1) is 2.27. The zero-order valence-corrected chi connectivity index (χ0v) is 7.71. The molecule has 5 heavy (non-hydrogen) atoms. The zero-order valence-electron chi connectivity index (χ0n) is 3.04. The lowest BCUT2D eigenvalue weighted by Gasteiger charge is -1.80. The largest absolute Gasteiger partial charge is 0.233 e. The van der Waals surface area contributed by atoms with Gasteiger partial charge in [-0.05, 0) is 5.67 Å². The van der Waals surface area contributed by atoms with E-state index in [-0.39, 0.29) is 0 Å². The van der Waals surface area contributed by atoms with Gasteiger partial charge in [0.2, 0.25) is 7.42 Å². The molecular weight excluding hydrogens is 139 g/mol. The Bertz CT molecular complexity index is 21.6. The van der Waals surface area contributed by atoms with Gasteiger partial charge < -0.3 is 0 Å². The lowest BCUT2D eigenvalue weighted by atomic mass is 11.9. The average Bonchev–Trinajstić information content (AvgIpc) is 1.38. The predicted molar refractivity (Wildman–Crippen MR) is 33.6 cm³/mol. The van der Waals surface area contributed by atoms with Gasteiger partial charge in [-0.3, -0.25) is 0 Å². The predicted octanol–water partition coefficient (Wildman–Crippen LogP) is 0.00740. The summed E-state index contributed by atoms with van der Waals surface area (Å²) in [7, 11) is 0.0278. The summed E-state index contributed by atoms with van der Waals surface area (Å²) in [6.45, 7) is 0. The van der Waals surface area contributed by atoms with E-state index >= 15 is 0 Å². The second-order valence-corrected chi connectivity index (χ2v) is 8.68. The summed E-state index contributed by atoms with van der Waals surface area (Å²) in [4.78, 5) is 0. The number of rotatable bonds is 1. The first kappa shape index (κ1) is 6.01. The van der Waals surface area contributed by atoms with E-state index in [1.54, 1.807) is 0 Å². The molecule has 0 amide bonds. The van der Waals surface area contributed by atoms with Gasteiger partial charge in [0, 0.05) is 10.2 Å². The number of hydrogen-bond acceptors (Lipinski definition) is 0.